The average Bonchev–Trinajstić information content (AvgIpc) is 2.65. The second-order valence-electron chi connectivity index (χ2n) is 4.95. The van der Waals surface area contributed by atoms with Crippen LogP contribution < -0.4 is 10.4 Å². The molecule has 25 heavy (non-hydrogen) atoms. The number of rotatable bonds is 10. The second kappa shape index (κ2) is 11.0. The summed E-state index contributed by atoms with van der Waals surface area (Å²) in [7, 11) is 2.54. The molecule has 0 aromatic heterocycles. The van der Waals surface area contributed by atoms with E-state index in [1.54, 1.807) is 12.1 Å². The molecule has 1 rings (SSSR count). The number of carbonyl (C=O) groups excluding carboxylic acids is 2. The van der Waals surface area contributed by atoms with E-state index in [2.05, 4.69) is 9.82 Å². The zero-order valence-corrected chi connectivity index (χ0v) is 15.8. The van der Waals surface area contributed by atoms with Crippen molar-refractivity contribution in [1.82, 2.24) is 5.09 Å². The summed E-state index contributed by atoms with van der Waals surface area (Å²) in [5.74, 6) is -0.980. The number of esters is 2. The first kappa shape index (κ1) is 21.3. The average molecular weight is 384 g/mol. The van der Waals surface area contributed by atoms with Crippen molar-refractivity contribution in [1.29, 1.82) is 5.26 Å². The van der Waals surface area contributed by atoms with E-state index in [0.717, 1.165) is 5.30 Å². The maximum absolute atomic E-state index is 12.1. The van der Waals surface area contributed by atoms with E-state index in [9.17, 15) is 9.59 Å². The van der Waals surface area contributed by atoms with Crippen LogP contribution in [0, 0.1) is 11.3 Å². The van der Waals surface area contributed by atoms with Crippen molar-refractivity contribution in [2.24, 2.45) is 0 Å². The largest absolute Gasteiger partial charge is 0.469 e. The van der Waals surface area contributed by atoms with Gasteiger partial charge in [-0.3, -0.25) is 14.7 Å². The number of nitrogens with one attached hydrogen (secondary N) is 1. The number of nitrogens with zero attached hydrogens (tertiary/aromatic N) is 1. The van der Waals surface area contributed by atoms with Crippen molar-refractivity contribution in [3.05, 3.63) is 30.3 Å². The predicted octanol–water partition coefficient (Wildman–Crippen LogP) is 1.64. The highest BCUT2D eigenvalue weighted by atomic mass is 32.4. The Morgan fingerprint density at radius 3 is 2.52 bits per heavy atom. The first-order valence-corrected chi connectivity index (χ1v) is 10.3. The molecule has 9 heteroatoms. The molecule has 1 aromatic rings. The monoisotopic (exact) mass is 384 g/mol. The standard InChI is InChI=1S/C16H21N2O5PS/c1-21-15(19)10-9-14(16(20)22-2)18-24(25,23-12-6-11-17)13-7-4-3-5-8-13/h3-5,7-8,14H,6,9-10,12H2,1-2H3,(H,18,25)/t14-,24?/m0/s1. The van der Waals surface area contributed by atoms with Crippen LogP contribution in [0.5, 0.6) is 0 Å². The summed E-state index contributed by atoms with van der Waals surface area (Å²) in [6.07, 6.45) is -2.44. The lowest BCUT2D eigenvalue weighted by Gasteiger charge is -2.27. The number of nitriles is 1. The first-order valence-electron chi connectivity index (χ1n) is 7.56. The molecule has 0 bridgehead atoms. The normalized spacial score (nSPS) is 14.0. The number of methoxy groups -OCH3 is 2. The van der Waals surface area contributed by atoms with Crippen molar-refractivity contribution in [3.63, 3.8) is 0 Å². The highest BCUT2D eigenvalue weighted by molar-refractivity contribution is 8.14. The maximum Gasteiger partial charge on any atom is 0.323 e. The zero-order chi connectivity index (χ0) is 18.7. The summed E-state index contributed by atoms with van der Waals surface area (Å²) in [5, 5.41) is 12.5. The van der Waals surface area contributed by atoms with Crippen LogP contribution in [0.2, 0.25) is 0 Å². The van der Waals surface area contributed by atoms with Gasteiger partial charge in [0.1, 0.15) is 6.04 Å². The molecule has 0 saturated carbocycles. The van der Waals surface area contributed by atoms with Gasteiger partial charge in [-0.25, -0.2) is 0 Å². The molecule has 0 heterocycles. The Bertz CT molecular complexity index is 662. The lowest BCUT2D eigenvalue weighted by Crippen LogP contribution is -2.39. The SMILES string of the molecule is COC(=O)CC[C@H](NP(=S)(OCCC#N)c1ccccc1)C(=O)OC. The molecule has 1 unspecified atom stereocenters. The highest BCUT2D eigenvalue weighted by Gasteiger charge is 2.29. The molecule has 0 radical (unpaired) electrons. The van der Waals surface area contributed by atoms with Crippen LogP contribution in [0.4, 0.5) is 0 Å². The lowest BCUT2D eigenvalue weighted by molar-refractivity contribution is -0.144. The summed E-state index contributed by atoms with van der Waals surface area (Å²) in [6, 6.07) is 10.2. The van der Waals surface area contributed by atoms with Crippen molar-refractivity contribution in [2.45, 2.75) is 25.3 Å². The van der Waals surface area contributed by atoms with E-state index >= 15 is 0 Å². The minimum Gasteiger partial charge on any atom is -0.469 e. The van der Waals surface area contributed by atoms with Gasteiger partial charge in [-0.2, -0.15) is 5.26 Å². The first-order chi connectivity index (χ1) is 12.0. The molecule has 0 aliphatic carbocycles. The van der Waals surface area contributed by atoms with Crippen LogP contribution >= 0.6 is 6.42 Å². The molecular formula is C16H21N2O5PS. The summed E-state index contributed by atoms with van der Waals surface area (Å²) >= 11 is 5.68. The molecule has 0 aliphatic rings. The highest BCUT2D eigenvalue weighted by Crippen LogP contribution is 2.42. The fourth-order valence-corrected chi connectivity index (χ4v) is 4.88. The number of benzene rings is 1. The fourth-order valence-electron chi connectivity index (χ4n) is 1.98. The van der Waals surface area contributed by atoms with Gasteiger partial charge in [0, 0.05) is 11.7 Å². The van der Waals surface area contributed by atoms with E-state index in [0.29, 0.717) is 0 Å². The molecule has 0 amide bonds. The van der Waals surface area contributed by atoms with Gasteiger partial charge in [0.2, 0.25) is 0 Å². The van der Waals surface area contributed by atoms with Crippen LogP contribution in [-0.2, 0) is 35.4 Å². The molecule has 0 fully saturated rings. The molecule has 1 aromatic carbocycles. The van der Waals surface area contributed by atoms with E-state index in [4.69, 9.17) is 26.3 Å². The van der Waals surface area contributed by atoms with Gasteiger partial charge in [-0.15, -0.1) is 0 Å². The Morgan fingerprint density at radius 1 is 1.28 bits per heavy atom. The van der Waals surface area contributed by atoms with Crippen molar-refractivity contribution in [2.75, 3.05) is 20.8 Å². The topological polar surface area (TPSA) is 97.6 Å². The van der Waals surface area contributed by atoms with Gasteiger partial charge in [0.05, 0.1) is 33.3 Å². The van der Waals surface area contributed by atoms with Crippen LogP contribution in [0.1, 0.15) is 19.3 Å². The third-order valence-corrected chi connectivity index (χ3v) is 6.70. The Labute approximate surface area is 152 Å². The van der Waals surface area contributed by atoms with E-state index < -0.39 is 24.4 Å². The van der Waals surface area contributed by atoms with Crippen molar-refractivity contribution >= 4 is 35.5 Å². The quantitative estimate of drug-likeness (QED) is 0.369. The maximum atomic E-state index is 12.1. The minimum absolute atomic E-state index is 0.0333. The van der Waals surface area contributed by atoms with Gasteiger partial charge in [0.15, 0.2) is 6.42 Å². The Morgan fingerprint density at radius 2 is 1.96 bits per heavy atom. The molecule has 2 atom stereocenters. The number of hydrogen-bond donors (Lipinski definition) is 1. The molecule has 0 aliphatic heterocycles. The van der Waals surface area contributed by atoms with Gasteiger partial charge in [-0.05, 0) is 18.2 Å². The Hall–Kier alpha value is -1.78. The van der Waals surface area contributed by atoms with E-state index in [-0.39, 0.29) is 25.9 Å². The van der Waals surface area contributed by atoms with E-state index in [1.807, 2.05) is 24.3 Å². The third-order valence-electron chi connectivity index (χ3n) is 3.26. The van der Waals surface area contributed by atoms with Gasteiger partial charge in [0.25, 0.3) is 0 Å². The summed E-state index contributed by atoms with van der Waals surface area (Å²) in [4.78, 5) is 23.5. The molecule has 7 nitrogen and oxygen atoms in total. The number of ether oxygens (including phenoxy) is 2. The summed E-state index contributed by atoms with van der Waals surface area (Å²) in [6.45, 7) is 0.139. The Kier molecular flexibility index (Phi) is 9.32. The molecular weight excluding hydrogens is 363 g/mol. The van der Waals surface area contributed by atoms with Crippen LogP contribution in [0.25, 0.3) is 0 Å². The molecule has 1 N–H and O–H groups in total. The minimum atomic E-state index is -2.81. The lowest BCUT2D eigenvalue weighted by atomic mass is 10.2. The molecule has 0 saturated heterocycles. The van der Waals surface area contributed by atoms with Gasteiger partial charge >= 0.3 is 11.9 Å². The Balaban J connectivity index is 3.01. The number of carbonyl (C=O) groups is 2. The fraction of sp³-hybridized carbons (Fsp3) is 0.438. The van der Waals surface area contributed by atoms with Crippen molar-refractivity contribution < 1.29 is 23.6 Å². The van der Waals surface area contributed by atoms with Gasteiger partial charge < -0.3 is 14.0 Å². The van der Waals surface area contributed by atoms with Gasteiger partial charge in [-0.1, -0.05) is 30.3 Å². The predicted molar refractivity (Wildman–Crippen MR) is 96.7 cm³/mol. The van der Waals surface area contributed by atoms with Crippen LogP contribution in [0.3, 0.4) is 0 Å². The summed E-state index contributed by atoms with van der Waals surface area (Å²) in [5.41, 5.74) is 0. The van der Waals surface area contributed by atoms with Crippen LogP contribution in [-0.4, -0.2) is 38.8 Å². The van der Waals surface area contributed by atoms with Crippen molar-refractivity contribution in [3.8, 4) is 6.07 Å². The molecule has 0 spiro atoms. The van der Waals surface area contributed by atoms with Crippen LogP contribution in [0.15, 0.2) is 30.3 Å². The second-order valence-corrected chi connectivity index (χ2v) is 8.63. The molecule has 136 valence electrons. The van der Waals surface area contributed by atoms with E-state index in [1.165, 1.54) is 14.2 Å². The number of hydrogen-bond acceptors (Lipinski definition) is 7. The summed E-state index contributed by atoms with van der Waals surface area (Å²) < 4.78 is 15.2. The third kappa shape index (κ3) is 6.92. The zero-order valence-electron chi connectivity index (χ0n) is 14.1. The smallest absolute Gasteiger partial charge is 0.323 e.